The first-order valence-electron chi connectivity index (χ1n) is 7.96. The Morgan fingerprint density at radius 2 is 2.19 bits per heavy atom. The van der Waals surface area contributed by atoms with Crippen molar-refractivity contribution in [1.82, 2.24) is 9.88 Å². The smallest absolute Gasteiger partial charge is 0.411 e. The molecule has 0 radical (unpaired) electrons. The third-order valence-corrected chi connectivity index (χ3v) is 4.05. The van der Waals surface area contributed by atoms with Crippen LogP contribution in [-0.2, 0) is 14.3 Å². The lowest BCUT2D eigenvalue weighted by molar-refractivity contribution is -0.131. The molecule has 2 aliphatic rings. The maximum absolute atomic E-state index is 13.4. The van der Waals surface area contributed by atoms with Gasteiger partial charge in [0.2, 0.25) is 11.5 Å². The Labute approximate surface area is 148 Å². The van der Waals surface area contributed by atoms with Crippen molar-refractivity contribution < 1.29 is 28.2 Å². The lowest BCUT2D eigenvalue weighted by atomic mass is 9.97. The predicted octanol–water partition coefficient (Wildman–Crippen LogP) is 0.785. The number of rotatable bonds is 1. The number of likely N-dealkylation sites (tertiary alicyclic amines) is 1. The molecule has 1 saturated heterocycles. The van der Waals surface area contributed by atoms with Crippen molar-refractivity contribution in [2.24, 2.45) is 5.73 Å². The molecule has 3 heterocycles. The number of pyridine rings is 1. The summed E-state index contributed by atoms with van der Waals surface area (Å²) in [5.74, 6) is -1.97. The van der Waals surface area contributed by atoms with Gasteiger partial charge in [-0.2, -0.15) is 0 Å². The van der Waals surface area contributed by atoms with Crippen molar-refractivity contribution in [1.29, 1.82) is 0 Å². The highest BCUT2D eigenvalue weighted by Gasteiger charge is 2.57. The second kappa shape index (κ2) is 5.82. The first-order chi connectivity index (χ1) is 12.0. The Hall–Kier alpha value is -2.91. The summed E-state index contributed by atoms with van der Waals surface area (Å²) in [6.07, 6.45) is -0.0322. The van der Waals surface area contributed by atoms with Crippen molar-refractivity contribution in [3.63, 3.8) is 0 Å². The van der Waals surface area contributed by atoms with Gasteiger partial charge in [0, 0.05) is 12.5 Å². The van der Waals surface area contributed by atoms with Gasteiger partial charge in [-0.25, -0.2) is 14.2 Å². The van der Waals surface area contributed by atoms with Gasteiger partial charge in [-0.15, -0.1) is 0 Å². The van der Waals surface area contributed by atoms with E-state index in [2.05, 4.69) is 10.3 Å². The lowest BCUT2D eigenvalue weighted by Crippen LogP contribution is -2.53. The number of hydrogen-bond donors (Lipinski definition) is 2. The summed E-state index contributed by atoms with van der Waals surface area (Å²) in [6.45, 7) is 4.75. The molecule has 26 heavy (non-hydrogen) atoms. The van der Waals surface area contributed by atoms with Gasteiger partial charge >= 0.3 is 6.09 Å². The van der Waals surface area contributed by atoms with Gasteiger partial charge in [-0.05, 0) is 20.8 Å². The number of hydrogen-bond acceptors (Lipinski definition) is 6. The fourth-order valence-corrected chi connectivity index (χ4v) is 2.95. The maximum atomic E-state index is 13.4. The quantitative estimate of drug-likeness (QED) is 0.757. The van der Waals surface area contributed by atoms with E-state index in [1.165, 1.54) is 0 Å². The van der Waals surface area contributed by atoms with Crippen LogP contribution >= 0.6 is 0 Å². The van der Waals surface area contributed by atoms with Crippen LogP contribution < -0.4 is 15.8 Å². The monoisotopic (exact) mass is 366 g/mol. The Morgan fingerprint density at radius 1 is 1.50 bits per heavy atom. The number of halogens is 1. The van der Waals surface area contributed by atoms with Crippen LogP contribution in [0.2, 0.25) is 0 Å². The molecule has 1 fully saturated rings. The van der Waals surface area contributed by atoms with Crippen LogP contribution in [0.4, 0.5) is 15.0 Å². The van der Waals surface area contributed by atoms with Gasteiger partial charge in [0.25, 0.3) is 5.91 Å². The Bertz CT molecular complexity index is 793. The number of nitrogens with zero attached hydrogens (tertiary/aromatic N) is 2. The average molecular weight is 366 g/mol. The predicted molar refractivity (Wildman–Crippen MR) is 86.7 cm³/mol. The van der Waals surface area contributed by atoms with E-state index in [1.807, 2.05) is 0 Å². The minimum Gasteiger partial charge on any atom is -0.471 e. The minimum absolute atomic E-state index is 0.0128. The van der Waals surface area contributed by atoms with Crippen molar-refractivity contribution in [3.05, 3.63) is 18.1 Å². The number of amides is 3. The van der Waals surface area contributed by atoms with E-state index in [9.17, 15) is 18.8 Å². The second-order valence-electron chi connectivity index (χ2n) is 7.28. The topological polar surface area (TPSA) is 124 Å². The number of carbonyl (C=O) groups excluding carboxylic acids is 3. The molecule has 2 atom stereocenters. The van der Waals surface area contributed by atoms with E-state index in [4.69, 9.17) is 15.2 Å². The summed E-state index contributed by atoms with van der Waals surface area (Å²) < 4.78 is 24.4. The fourth-order valence-electron chi connectivity index (χ4n) is 2.95. The summed E-state index contributed by atoms with van der Waals surface area (Å²) in [7, 11) is 0. The third kappa shape index (κ3) is 3.14. The molecule has 0 aliphatic carbocycles. The van der Waals surface area contributed by atoms with Crippen LogP contribution in [0, 0.1) is 5.82 Å². The molecule has 10 heteroatoms. The van der Waals surface area contributed by atoms with Crippen molar-refractivity contribution in [2.75, 3.05) is 11.9 Å². The number of nitrogens with one attached hydrogen (secondary N) is 1. The number of fused-ring (bicyclic) bond motifs is 1. The molecular weight excluding hydrogens is 347 g/mol. The first kappa shape index (κ1) is 17.9. The number of carbonyl (C=O) groups is 3. The van der Waals surface area contributed by atoms with Crippen LogP contribution in [-0.4, -0.2) is 51.6 Å². The van der Waals surface area contributed by atoms with E-state index in [1.54, 1.807) is 20.8 Å². The maximum Gasteiger partial charge on any atom is 0.411 e. The molecule has 1 aromatic rings. The minimum atomic E-state index is -1.58. The van der Waals surface area contributed by atoms with Gasteiger partial charge < -0.3 is 20.5 Å². The van der Waals surface area contributed by atoms with Gasteiger partial charge in [-0.1, -0.05) is 0 Å². The van der Waals surface area contributed by atoms with Crippen molar-refractivity contribution in [2.45, 2.75) is 44.4 Å². The highest BCUT2D eigenvalue weighted by atomic mass is 19.1. The van der Waals surface area contributed by atoms with Gasteiger partial charge in [0.15, 0.2) is 11.6 Å². The van der Waals surface area contributed by atoms with E-state index in [0.29, 0.717) is 0 Å². The normalized spacial score (nSPS) is 24.7. The van der Waals surface area contributed by atoms with Gasteiger partial charge in [0.1, 0.15) is 17.5 Å². The summed E-state index contributed by atoms with van der Waals surface area (Å²) >= 11 is 0. The zero-order valence-electron chi connectivity index (χ0n) is 14.5. The zero-order valence-corrected chi connectivity index (χ0v) is 14.5. The van der Waals surface area contributed by atoms with E-state index in [-0.39, 0.29) is 24.5 Å². The molecule has 0 aromatic carbocycles. The molecule has 3 amide bonds. The average Bonchev–Trinajstić information content (AvgIpc) is 2.88. The van der Waals surface area contributed by atoms with Crippen molar-refractivity contribution >= 4 is 23.7 Å². The molecule has 1 spiro atoms. The molecule has 0 bridgehead atoms. The number of nitrogens with two attached hydrogens (primary N) is 1. The Balaban J connectivity index is 1.92. The second-order valence-corrected chi connectivity index (χ2v) is 7.28. The molecule has 9 nitrogen and oxygen atoms in total. The molecule has 3 rings (SSSR count). The Kier molecular flexibility index (Phi) is 4.01. The lowest BCUT2D eigenvalue weighted by Gasteiger charge is -2.33. The van der Waals surface area contributed by atoms with Crippen LogP contribution in [0.5, 0.6) is 5.75 Å². The number of primary amides is 1. The van der Waals surface area contributed by atoms with E-state index >= 15 is 0 Å². The molecule has 0 unspecified atom stereocenters. The van der Waals surface area contributed by atoms with Crippen molar-refractivity contribution in [3.8, 4) is 5.75 Å². The van der Waals surface area contributed by atoms with Crippen LogP contribution in [0.25, 0.3) is 0 Å². The standard InChI is InChI=1S/C16H19FN4O5/c1-15(2,3)26-14(24)21-7-16(5-9(21)11(18)22)13(23)20-12-10(25-16)4-8(17)6-19-12/h4,6,9H,5,7H2,1-3H3,(H2,18,22)(H,19,20,23)/t9-,16+/m0/s1. The molecule has 2 aliphatic heterocycles. The van der Waals surface area contributed by atoms with Crippen LogP contribution in [0.1, 0.15) is 27.2 Å². The molecule has 140 valence electrons. The Morgan fingerprint density at radius 3 is 2.81 bits per heavy atom. The molecular formula is C16H19FN4O5. The highest BCUT2D eigenvalue weighted by Crippen LogP contribution is 2.39. The summed E-state index contributed by atoms with van der Waals surface area (Å²) in [5, 5.41) is 2.51. The molecule has 1 aromatic heterocycles. The highest BCUT2D eigenvalue weighted by molar-refractivity contribution is 6.02. The first-order valence-corrected chi connectivity index (χ1v) is 7.96. The molecule has 0 saturated carbocycles. The van der Waals surface area contributed by atoms with Gasteiger partial charge in [0.05, 0.1) is 12.7 Å². The number of aromatic nitrogens is 1. The van der Waals surface area contributed by atoms with Gasteiger partial charge in [-0.3, -0.25) is 14.5 Å². The SMILES string of the molecule is CC(C)(C)OC(=O)N1C[C@@]2(C[C@H]1C(N)=O)Oc1cc(F)cnc1NC2=O. The largest absolute Gasteiger partial charge is 0.471 e. The van der Waals surface area contributed by atoms with E-state index in [0.717, 1.165) is 17.2 Å². The summed E-state index contributed by atoms with van der Waals surface area (Å²) in [6, 6.07) is -0.0301. The molecule has 3 N–H and O–H groups in total. The fraction of sp³-hybridized carbons (Fsp3) is 0.500. The van der Waals surface area contributed by atoms with Crippen LogP contribution in [0.3, 0.4) is 0 Å². The number of ether oxygens (including phenoxy) is 2. The van der Waals surface area contributed by atoms with Crippen LogP contribution in [0.15, 0.2) is 12.3 Å². The number of anilines is 1. The zero-order chi connectivity index (χ0) is 19.3. The third-order valence-electron chi connectivity index (χ3n) is 4.05. The summed E-state index contributed by atoms with van der Waals surface area (Å²) in [4.78, 5) is 41.7. The van der Waals surface area contributed by atoms with E-state index < -0.39 is 41.0 Å². The summed E-state index contributed by atoms with van der Waals surface area (Å²) in [5.41, 5.74) is 3.01.